The summed E-state index contributed by atoms with van der Waals surface area (Å²) in [5.41, 5.74) is 0.149. The van der Waals surface area contributed by atoms with Crippen LogP contribution in [0.25, 0.3) is 0 Å². The van der Waals surface area contributed by atoms with E-state index in [1.807, 2.05) is 6.92 Å². The monoisotopic (exact) mass is 238 g/mol. The van der Waals surface area contributed by atoms with Crippen LogP contribution in [0.1, 0.15) is 37.9 Å². The van der Waals surface area contributed by atoms with Gasteiger partial charge in [0.1, 0.15) is 5.78 Å². The number of carbonyl (C=O) groups excluding carboxylic acids is 1. The Kier molecular flexibility index (Phi) is 3.04. The third-order valence-electron chi connectivity index (χ3n) is 3.53. The van der Waals surface area contributed by atoms with Gasteiger partial charge in [-0.1, -0.05) is 23.7 Å². The number of Topliss-reactive ketones (excluding diaryl/α,β-unsaturated/α-hetero) is 1. The summed E-state index contributed by atoms with van der Waals surface area (Å²) < 4.78 is 0. The van der Waals surface area contributed by atoms with Gasteiger partial charge in [0.2, 0.25) is 0 Å². The maximum absolute atomic E-state index is 11.8. The number of halogens is 1. The second kappa shape index (κ2) is 4.19. The van der Waals surface area contributed by atoms with E-state index in [9.17, 15) is 9.90 Å². The molecule has 2 atom stereocenters. The third kappa shape index (κ3) is 1.87. The lowest BCUT2D eigenvalue weighted by atomic mass is 9.78. The Morgan fingerprint density at radius 3 is 2.50 bits per heavy atom. The minimum atomic E-state index is -0.722. The number of ketones is 1. The summed E-state index contributed by atoms with van der Waals surface area (Å²) in [4.78, 5) is 11.8. The van der Waals surface area contributed by atoms with E-state index in [1.165, 1.54) is 0 Å². The number of benzene rings is 1. The second-order valence-corrected chi connectivity index (χ2v) is 5.08. The van der Waals surface area contributed by atoms with Gasteiger partial charge in [0.05, 0.1) is 11.5 Å². The van der Waals surface area contributed by atoms with Crippen molar-refractivity contribution in [2.45, 2.75) is 32.3 Å². The fraction of sp³-hybridized carbons (Fsp3) is 0.462. The second-order valence-electron chi connectivity index (χ2n) is 4.65. The van der Waals surface area contributed by atoms with Crippen LogP contribution in [-0.4, -0.2) is 10.9 Å². The Labute approximate surface area is 100 Å². The molecule has 0 aliphatic heterocycles. The van der Waals surface area contributed by atoms with Crippen LogP contribution < -0.4 is 0 Å². The van der Waals surface area contributed by atoms with Gasteiger partial charge in [-0.05, 0) is 37.5 Å². The Balaban J connectivity index is 2.27. The third-order valence-corrected chi connectivity index (χ3v) is 3.78. The predicted molar refractivity (Wildman–Crippen MR) is 63.4 cm³/mol. The predicted octanol–water partition coefficient (Wildman–Crippen LogP) is 3.13. The molecule has 1 fully saturated rings. The van der Waals surface area contributed by atoms with E-state index in [0.29, 0.717) is 11.4 Å². The van der Waals surface area contributed by atoms with Crippen molar-refractivity contribution in [1.29, 1.82) is 0 Å². The molecule has 16 heavy (non-hydrogen) atoms. The fourth-order valence-electron chi connectivity index (χ4n) is 2.34. The molecule has 2 rings (SSSR count). The molecule has 0 spiro atoms. The van der Waals surface area contributed by atoms with Gasteiger partial charge in [-0.3, -0.25) is 4.79 Å². The molecular formula is C13H15ClO2. The van der Waals surface area contributed by atoms with Crippen molar-refractivity contribution in [2.75, 3.05) is 0 Å². The minimum Gasteiger partial charge on any atom is -0.387 e. The van der Waals surface area contributed by atoms with Crippen LogP contribution in [0.3, 0.4) is 0 Å². The largest absolute Gasteiger partial charge is 0.387 e. The van der Waals surface area contributed by atoms with Gasteiger partial charge in [0.15, 0.2) is 0 Å². The normalized spacial score (nSPS) is 27.1. The van der Waals surface area contributed by atoms with E-state index in [-0.39, 0.29) is 5.78 Å². The van der Waals surface area contributed by atoms with E-state index in [2.05, 4.69) is 0 Å². The van der Waals surface area contributed by atoms with Crippen LogP contribution in [0.4, 0.5) is 0 Å². The summed E-state index contributed by atoms with van der Waals surface area (Å²) >= 11 is 5.79. The zero-order valence-corrected chi connectivity index (χ0v) is 10.00. The molecule has 0 saturated heterocycles. The van der Waals surface area contributed by atoms with Gasteiger partial charge < -0.3 is 5.11 Å². The zero-order chi connectivity index (χ0) is 11.8. The van der Waals surface area contributed by atoms with Gasteiger partial charge in [0, 0.05) is 11.4 Å². The fourth-order valence-corrected chi connectivity index (χ4v) is 2.47. The molecule has 1 aliphatic rings. The average Bonchev–Trinajstić information content (AvgIpc) is 2.61. The van der Waals surface area contributed by atoms with E-state index in [0.717, 1.165) is 18.4 Å². The molecule has 0 aromatic heterocycles. The van der Waals surface area contributed by atoms with Crippen LogP contribution >= 0.6 is 11.6 Å². The molecule has 1 aromatic rings. The molecule has 86 valence electrons. The van der Waals surface area contributed by atoms with E-state index in [1.54, 1.807) is 24.3 Å². The van der Waals surface area contributed by atoms with Gasteiger partial charge in [-0.15, -0.1) is 0 Å². The van der Waals surface area contributed by atoms with Crippen molar-refractivity contribution in [2.24, 2.45) is 5.41 Å². The number of aliphatic hydroxyl groups excluding tert-OH is 1. The highest BCUT2D eigenvalue weighted by Crippen LogP contribution is 2.44. The molecule has 1 aromatic carbocycles. The molecule has 0 radical (unpaired) electrons. The lowest BCUT2D eigenvalue weighted by Crippen LogP contribution is -2.29. The van der Waals surface area contributed by atoms with Crippen molar-refractivity contribution in [3.8, 4) is 0 Å². The summed E-state index contributed by atoms with van der Waals surface area (Å²) in [7, 11) is 0. The molecule has 2 nitrogen and oxygen atoms in total. The van der Waals surface area contributed by atoms with Crippen molar-refractivity contribution in [3.63, 3.8) is 0 Å². The van der Waals surface area contributed by atoms with Crippen molar-refractivity contribution >= 4 is 17.4 Å². The van der Waals surface area contributed by atoms with Gasteiger partial charge in [-0.25, -0.2) is 0 Å². The highest BCUT2D eigenvalue weighted by molar-refractivity contribution is 6.30. The Morgan fingerprint density at radius 2 is 2.00 bits per heavy atom. The number of hydrogen-bond acceptors (Lipinski definition) is 2. The van der Waals surface area contributed by atoms with Crippen LogP contribution in [0.15, 0.2) is 24.3 Å². The summed E-state index contributed by atoms with van der Waals surface area (Å²) in [6, 6.07) is 7.04. The molecule has 1 saturated carbocycles. The number of aliphatic hydroxyl groups is 1. The molecule has 0 bridgehead atoms. The van der Waals surface area contributed by atoms with Crippen molar-refractivity contribution in [3.05, 3.63) is 34.9 Å². The highest BCUT2D eigenvalue weighted by Gasteiger charge is 2.43. The maximum Gasteiger partial charge on any atom is 0.141 e. The number of carbonyl (C=O) groups is 1. The zero-order valence-electron chi connectivity index (χ0n) is 9.24. The molecule has 1 N–H and O–H groups in total. The smallest absolute Gasteiger partial charge is 0.141 e. The van der Waals surface area contributed by atoms with E-state index in [4.69, 9.17) is 11.6 Å². The van der Waals surface area contributed by atoms with E-state index < -0.39 is 11.5 Å². The first-order valence-corrected chi connectivity index (χ1v) is 5.89. The standard InChI is InChI=1S/C13H15ClO2/c1-13(8-2-3-11(13)15)12(16)9-4-6-10(14)7-5-9/h4-7,12,16H,2-3,8H2,1H3/t12?,13-/m0/s1. The molecular weight excluding hydrogens is 224 g/mol. The Bertz CT molecular complexity index is 399. The van der Waals surface area contributed by atoms with Crippen LogP contribution in [0, 0.1) is 5.41 Å². The SMILES string of the molecule is C[C@]1(C(O)c2ccc(Cl)cc2)CCCC1=O. The molecule has 0 heterocycles. The van der Waals surface area contributed by atoms with Gasteiger partial charge in [0.25, 0.3) is 0 Å². The van der Waals surface area contributed by atoms with Crippen LogP contribution in [-0.2, 0) is 4.79 Å². The maximum atomic E-state index is 11.8. The summed E-state index contributed by atoms with van der Waals surface area (Å²) in [5.74, 6) is 0.162. The van der Waals surface area contributed by atoms with Crippen LogP contribution in [0.5, 0.6) is 0 Å². The molecule has 1 unspecified atom stereocenters. The first kappa shape index (κ1) is 11.6. The average molecular weight is 239 g/mol. The summed E-state index contributed by atoms with van der Waals surface area (Å²) in [6.07, 6.45) is 1.50. The Morgan fingerprint density at radius 1 is 1.38 bits per heavy atom. The molecule has 0 amide bonds. The number of rotatable bonds is 2. The van der Waals surface area contributed by atoms with Crippen molar-refractivity contribution in [1.82, 2.24) is 0 Å². The van der Waals surface area contributed by atoms with Crippen LogP contribution in [0.2, 0.25) is 5.02 Å². The first-order chi connectivity index (χ1) is 7.54. The molecule has 3 heteroatoms. The van der Waals surface area contributed by atoms with Gasteiger partial charge in [-0.2, -0.15) is 0 Å². The number of hydrogen-bond donors (Lipinski definition) is 1. The highest BCUT2D eigenvalue weighted by atomic mass is 35.5. The summed E-state index contributed by atoms with van der Waals surface area (Å²) in [6.45, 7) is 1.85. The van der Waals surface area contributed by atoms with Gasteiger partial charge >= 0.3 is 0 Å². The first-order valence-electron chi connectivity index (χ1n) is 5.51. The van der Waals surface area contributed by atoms with Crippen molar-refractivity contribution < 1.29 is 9.90 Å². The van der Waals surface area contributed by atoms with E-state index >= 15 is 0 Å². The quantitative estimate of drug-likeness (QED) is 0.860. The topological polar surface area (TPSA) is 37.3 Å². The lowest BCUT2D eigenvalue weighted by Gasteiger charge is -2.28. The summed E-state index contributed by atoms with van der Waals surface area (Å²) in [5, 5.41) is 10.9. The minimum absolute atomic E-state index is 0.162. The molecule has 1 aliphatic carbocycles. The lowest BCUT2D eigenvalue weighted by molar-refractivity contribution is -0.131. The Hall–Kier alpha value is -0.860.